The molecule has 0 fully saturated rings. The largest absolute Gasteiger partial charge is 0.317 e. The van der Waals surface area contributed by atoms with Crippen LogP contribution in [-0.2, 0) is 0 Å². The minimum atomic E-state index is 1.16. The normalized spacial score (nSPS) is 11.7. The van der Waals surface area contributed by atoms with E-state index in [4.69, 9.17) is 0 Å². The third-order valence-electron chi connectivity index (χ3n) is 4.24. The van der Waals surface area contributed by atoms with Crippen molar-refractivity contribution >= 4 is 35.3 Å². The molecule has 0 radical (unpaired) electrons. The number of benzene rings is 3. The Kier molecular flexibility index (Phi) is 4.30. The van der Waals surface area contributed by atoms with Crippen LogP contribution in [-0.4, -0.2) is 4.57 Å². The van der Waals surface area contributed by atoms with Gasteiger partial charge < -0.3 is 4.57 Å². The highest BCUT2D eigenvalue weighted by atomic mass is 15.0. The summed E-state index contributed by atoms with van der Waals surface area (Å²) in [5, 5.41) is 1.24. The molecule has 0 aliphatic carbocycles. The number of aromatic nitrogens is 1. The van der Waals surface area contributed by atoms with Crippen LogP contribution in [0.3, 0.4) is 0 Å². The molecule has 0 unspecified atom stereocenters. The Morgan fingerprint density at radius 3 is 1.88 bits per heavy atom. The predicted octanol–water partition coefficient (Wildman–Crippen LogP) is 6.44. The van der Waals surface area contributed by atoms with Crippen molar-refractivity contribution in [2.45, 2.75) is 0 Å². The van der Waals surface area contributed by atoms with Gasteiger partial charge in [0.2, 0.25) is 0 Å². The second kappa shape index (κ2) is 7.06. The summed E-state index contributed by atoms with van der Waals surface area (Å²) in [6.45, 7) is 0. The summed E-state index contributed by atoms with van der Waals surface area (Å²) in [6, 6.07) is 31.5. The molecule has 3 aromatic carbocycles. The molecule has 1 nitrogen and oxygen atoms in total. The van der Waals surface area contributed by atoms with Gasteiger partial charge in [0.1, 0.15) is 0 Å². The third-order valence-corrected chi connectivity index (χ3v) is 4.24. The molecule has 0 aliphatic rings. The van der Waals surface area contributed by atoms with Gasteiger partial charge in [-0.1, -0.05) is 84.9 Å². The van der Waals surface area contributed by atoms with Gasteiger partial charge in [0.25, 0.3) is 0 Å². The standard InChI is InChI=1S/C24H19N/c1-3-9-20(10-4-1)15-16-23-19-22-13-7-8-14-24(22)25(23)18-17-21-11-5-2-6-12-21/h1-19H. The van der Waals surface area contributed by atoms with Crippen LogP contribution in [0.5, 0.6) is 0 Å². The van der Waals surface area contributed by atoms with Crippen molar-refractivity contribution in [1.82, 2.24) is 4.57 Å². The van der Waals surface area contributed by atoms with E-state index in [9.17, 15) is 0 Å². The summed E-state index contributed by atoms with van der Waals surface area (Å²) in [7, 11) is 0. The van der Waals surface area contributed by atoms with Gasteiger partial charge in [-0.3, -0.25) is 0 Å². The highest BCUT2D eigenvalue weighted by Gasteiger charge is 2.03. The molecule has 25 heavy (non-hydrogen) atoms. The van der Waals surface area contributed by atoms with Crippen molar-refractivity contribution in [2.75, 3.05) is 0 Å². The quantitative estimate of drug-likeness (QED) is 0.407. The van der Waals surface area contributed by atoms with Crippen LogP contribution in [0.15, 0.2) is 91.0 Å². The zero-order valence-corrected chi connectivity index (χ0v) is 13.9. The molecule has 0 saturated carbocycles. The first-order valence-electron chi connectivity index (χ1n) is 8.46. The highest BCUT2D eigenvalue weighted by Crippen LogP contribution is 2.22. The summed E-state index contributed by atoms with van der Waals surface area (Å²) in [4.78, 5) is 0. The molecule has 0 aliphatic heterocycles. The van der Waals surface area contributed by atoms with E-state index in [1.807, 2.05) is 12.1 Å². The van der Waals surface area contributed by atoms with Crippen molar-refractivity contribution in [3.8, 4) is 0 Å². The molecular formula is C24H19N. The highest BCUT2D eigenvalue weighted by molar-refractivity contribution is 5.88. The second-order valence-electron chi connectivity index (χ2n) is 5.97. The SMILES string of the molecule is C(=Cc1cc2ccccc2n1C=Cc1ccccc1)c1ccccc1. The molecule has 0 spiro atoms. The second-order valence-corrected chi connectivity index (χ2v) is 5.97. The smallest absolute Gasteiger partial charge is 0.0528 e. The van der Waals surface area contributed by atoms with Crippen molar-refractivity contribution in [3.63, 3.8) is 0 Å². The van der Waals surface area contributed by atoms with E-state index in [-0.39, 0.29) is 0 Å². The van der Waals surface area contributed by atoms with Gasteiger partial charge in [-0.25, -0.2) is 0 Å². The minimum absolute atomic E-state index is 1.16. The molecule has 4 aromatic rings. The van der Waals surface area contributed by atoms with E-state index in [1.54, 1.807) is 0 Å². The molecule has 120 valence electrons. The van der Waals surface area contributed by atoms with Gasteiger partial charge in [-0.05, 0) is 35.4 Å². The monoisotopic (exact) mass is 321 g/mol. The Balaban J connectivity index is 1.76. The van der Waals surface area contributed by atoms with E-state index in [1.165, 1.54) is 22.0 Å². The van der Waals surface area contributed by atoms with Crippen molar-refractivity contribution in [2.24, 2.45) is 0 Å². The number of hydrogen-bond acceptors (Lipinski definition) is 0. The van der Waals surface area contributed by atoms with E-state index >= 15 is 0 Å². The third kappa shape index (κ3) is 3.46. The Labute approximate surface area is 148 Å². The molecule has 0 amide bonds. The van der Waals surface area contributed by atoms with Gasteiger partial charge in [0, 0.05) is 17.3 Å². The maximum absolute atomic E-state index is 2.24. The first kappa shape index (κ1) is 15.2. The van der Waals surface area contributed by atoms with Crippen LogP contribution in [0.25, 0.3) is 35.3 Å². The number of rotatable bonds is 4. The molecule has 0 N–H and O–H groups in total. The fraction of sp³-hybridized carbons (Fsp3) is 0. The zero-order chi connectivity index (χ0) is 16.9. The summed E-state index contributed by atoms with van der Waals surface area (Å²) in [6.07, 6.45) is 8.61. The topological polar surface area (TPSA) is 4.93 Å². The summed E-state index contributed by atoms with van der Waals surface area (Å²) in [5.41, 5.74) is 4.77. The van der Waals surface area contributed by atoms with Crippen LogP contribution in [0, 0.1) is 0 Å². The molecule has 0 saturated heterocycles. The van der Waals surface area contributed by atoms with Crippen LogP contribution in [0.4, 0.5) is 0 Å². The Bertz CT molecular complexity index is 1020. The van der Waals surface area contributed by atoms with Crippen LogP contribution in [0.1, 0.15) is 16.8 Å². The maximum atomic E-state index is 2.24. The Morgan fingerprint density at radius 1 is 0.560 bits per heavy atom. The number of fused-ring (bicyclic) bond motifs is 1. The van der Waals surface area contributed by atoms with Crippen molar-refractivity contribution in [1.29, 1.82) is 0 Å². The van der Waals surface area contributed by atoms with Crippen LogP contribution in [0.2, 0.25) is 0 Å². The fourth-order valence-corrected chi connectivity index (χ4v) is 2.96. The fourth-order valence-electron chi connectivity index (χ4n) is 2.96. The predicted molar refractivity (Wildman–Crippen MR) is 109 cm³/mol. The lowest BCUT2D eigenvalue weighted by Gasteiger charge is -2.02. The summed E-state index contributed by atoms with van der Waals surface area (Å²) < 4.78 is 2.24. The van der Waals surface area contributed by atoms with E-state index < -0.39 is 0 Å². The lowest BCUT2D eigenvalue weighted by molar-refractivity contribution is 1.21. The molecule has 1 heterocycles. The maximum Gasteiger partial charge on any atom is 0.0528 e. The lowest BCUT2D eigenvalue weighted by Crippen LogP contribution is -1.88. The van der Waals surface area contributed by atoms with Crippen molar-refractivity contribution < 1.29 is 0 Å². The minimum Gasteiger partial charge on any atom is -0.317 e. The number of nitrogens with zero attached hydrogens (tertiary/aromatic N) is 1. The van der Waals surface area contributed by atoms with E-state index in [2.05, 4.69) is 108 Å². The first-order valence-corrected chi connectivity index (χ1v) is 8.46. The average Bonchev–Trinajstić information content (AvgIpc) is 3.04. The molecular weight excluding hydrogens is 302 g/mol. The molecule has 0 atom stereocenters. The summed E-state index contributed by atoms with van der Waals surface area (Å²) >= 11 is 0. The lowest BCUT2D eigenvalue weighted by atomic mass is 10.2. The number of para-hydroxylation sites is 1. The molecule has 0 bridgehead atoms. The van der Waals surface area contributed by atoms with Gasteiger partial charge in [-0.2, -0.15) is 0 Å². The first-order chi connectivity index (χ1) is 12.4. The van der Waals surface area contributed by atoms with E-state index in [0.29, 0.717) is 0 Å². The number of hydrogen-bond donors (Lipinski definition) is 0. The van der Waals surface area contributed by atoms with Gasteiger partial charge in [0.05, 0.1) is 5.52 Å². The van der Waals surface area contributed by atoms with Gasteiger partial charge >= 0.3 is 0 Å². The molecule has 1 heteroatoms. The van der Waals surface area contributed by atoms with Gasteiger partial charge in [0.15, 0.2) is 0 Å². The molecule has 1 aromatic heterocycles. The molecule has 4 rings (SSSR count). The summed E-state index contributed by atoms with van der Waals surface area (Å²) in [5.74, 6) is 0. The Morgan fingerprint density at radius 2 is 1.16 bits per heavy atom. The van der Waals surface area contributed by atoms with Crippen molar-refractivity contribution in [3.05, 3.63) is 108 Å². The van der Waals surface area contributed by atoms with E-state index in [0.717, 1.165) is 5.69 Å². The average molecular weight is 321 g/mol. The zero-order valence-electron chi connectivity index (χ0n) is 13.9. The Hall–Kier alpha value is -3.32. The van der Waals surface area contributed by atoms with Crippen LogP contribution >= 0.6 is 0 Å². The van der Waals surface area contributed by atoms with Crippen LogP contribution < -0.4 is 0 Å². The van der Waals surface area contributed by atoms with Gasteiger partial charge in [-0.15, -0.1) is 0 Å².